The fraction of sp³-hybridized carbons (Fsp3) is 0.417. The Balaban J connectivity index is 3.03. The molecule has 1 aromatic carbocycles. The summed E-state index contributed by atoms with van der Waals surface area (Å²) in [5.41, 5.74) is 1.19. The van der Waals surface area contributed by atoms with Gasteiger partial charge in [0.05, 0.1) is 36.8 Å². The molecule has 0 heterocycles. The van der Waals surface area contributed by atoms with Crippen molar-refractivity contribution in [3.8, 4) is 5.75 Å². The second kappa shape index (κ2) is 5.93. The van der Waals surface area contributed by atoms with Crippen LogP contribution in [0.2, 0.25) is 0 Å². The van der Waals surface area contributed by atoms with E-state index in [1.807, 2.05) is 13.8 Å². The van der Waals surface area contributed by atoms with Gasteiger partial charge in [0.15, 0.2) is 6.29 Å². The maximum Gasteiger partial charge on any atom is 0.153 e. The van der Waals surface area contributed by atoms with Crippen LogP contribution in [0.3, 0.4) is 0 Å². The van der Waals surface area contributed by atoms with Gasteiger partial charge in [-0.2, -0.15) is 4.31 Å². The average molecular weight is 255 g/mol. The van der Waals surface area contributed by atoms with Gasteiger partial charge >= 0.3 is 0 Å². The molecule has 0 aliphatic rings. The summed E-state index contributed by atoms with van der Waals surface area (Å²) in [5.74, 6) is 0.521. The van der Waals surface area contributed by atoms with Crippen LogP contribution in [0, 0.1) is 0 Å². The van der Waals surface area contributed by atoms with Crippen molar-refractivity contribution in [2.24, 2.45) is 0 Å². The predicted molar refractivity (Wildman–Crippen MR) is 70.1 cm³/mol. The van der Waals surface area contributed by atoms with Crippen molar-refractivity contribution in [1.29, 1.82) is 0 Å². The van der Waals surface area contributed by atoms with Gasteiger partial charge < -0.3 is 9.29 Å². The van der Waals surface area contributed by atoms with Gasteiger partial charge in [0, 0.05) is 0 Å². The monoisotopic (exact) mass is 255 g/mol. The molecule has 0 saturated carbocycles. The second-order valence-electron chi connectivity index (χ2n) is 3.87. The normalized spacial score (nSPS) is 12.4. The fourth-order valence-corrected chi connectivity index (χ4v) is 2.38. The summed E-state index contributed by atoms with van der Waals surface area (Å²) in [4.78, 5) is 10.9. The van der Waals surface area contributed by atoms with E-state index in [0.29, 0.717) is 11.3 Å². The lowest BCUT2D eigenvalue weighted by Crippen LogP contribution is -2.33. The molecule has 94 valence electrons. The molecule has 0 radical (unpaired) electrons. The molecular formula is C12H17NO3S. The first kappa shape index (κ1) is 13.9. The van der Waals surface area contributed by atoms with Crippen LogP contribution in [0.15, 0.2) is 18.2 Å². The van der Waals surface area contributed by atoms with Gasteiger partial charge in [0.1, 0.15) is 11.0 Å². The van der Waals surface area contributed by atoms with Gasteiger partial charge in [0.25, 0.3) is 0 Å². The zero-order chi connectivity index (χ0) is 13.0. The Morgan fingerprint density at radius 3 is 2.59 bits per heavy atom. The molecule has 4 nitrogen and oxygen atoms in total. The molecule has 0 fully saturated rings. The average Bonchev–Trinajstić information content (AvgIpc) is 2.35. The van der Waals surface area contributed by atoms with Crippen LogP contribution in [0.1, 0.15) is 24.2 Å². The van der Waals surface area contributed by atoms with Crippen LogP contribution in [-0.2, 0) is 11.4 Å². The van der Waals surface area contributed by atoms with Gasteiger partial charge in [-0.15, -0.1) is 0 Å². The molecule has 0 aliphatic heterocycles. The highest BCUT2D eigenvalue weighted by molar-refractivity contribution is 7.93. The number of anilines is 1. The first-order chi connectivity index (χ1) is 8.01. The molecule has 0 aromatic heterocycles. The first-order valence-electron chi connectivity index (χ1n) is 5.29. The third-order valence-corrected chi connectivity index (χ3v) is 3.93. The molecule has 1 rings (SSSR count). The minimum Gasteiger partial charge on any atom is -0.593 e. The largest absolute Gasteiger partial charge is 0.593 e. The molecule has 0 spiro atoms. The lowest BCUT2D eigenvalue weighted by molar-refractivity contribution is 0.112. The molecule has 17 heavy (non-hydrogen) atoms. The first-order valence-corrected chi connectivity index (χ1v) is 6.46. The highest BCUT2D eigenvalue weighted by atomic mass is 32.2. The van der Waals surface area contributed by atoms with E-state index in [2.05, 4.69) is 0 Å². The Labute approximate surface area is 105 Å². The molecule has 0 N–H and O–H groups in total. The smallest absolute Gasteiger partial charge is 0.153 e. The second-order valence-corrected chi connectivity index (χ2v) is 5.91. The van der Waals surface area contributed by atoms with Crippen LogP contribution in [0.5, 0.6) is 5.75 Å². The molecular weight excluding hydrogens is 238 g/mol. The minimum absolute atomic E-state index is 0.0294. The van der Waals surface area contributed by atoms with Crippen LogP contribution < -0.4 is 9.04 Å². The Bertz CT molecular complexity index is 395. The Morgan fingerprint density at radius 2 is 2.12 bits per heavy atom. The number of carbonyl (C=O) groups is 1. The highest BCUT2D eigenvalue weighted by Gasteiger charge is 2.20. The van der Waals surface area contributed by atoms with Crippen molar-refractivity contribution in [2.75, 3.05) is 18.5 Å². The molecule has 0 saturated heterocycles. The van der Waals surface area contributed by atoms with E-state index in [1.54, 1.807) is 29.6 Å². The van der Waals surface area contributed by atoms with Gasteiger partial charge in [-0.1, -0.05) is 0 Å². The maximum atomic E-state index is 11.9. The van der Waals surface area contributed by atoms with Gasteiger partial charge in [0.2, 0.25) is 0 Å². The molecule has 0 aliphatic carbocycles. The van der Waals surface area contributed by atoms with E-state index >= 15 is 0 Å². The lowest BCUT2D eigenvalue weighted by atomic mass is 10.2. The summed E-state index contributed by atoms with van der Waals surface area (Å²) in [5, 5.41) is 0.0294. The summed E-state index contributed by atoms with van der Waals surface area (Å²) in [6, 6.07) is 5.16. The number of ether oxygens (including phenoxy) is 1. The molecule has 1 unspecified atom stereocenters. The summed E-state index contributed by atoms with van der Waals surface area (Å²) in [6.07, 6.45) is 0.731. The molecule has 1 aromatic rings. The van der Waals surface area contributed by atoms with E-state index in [9.17, 15) is 9.35 Å². The van der Waals surface area contributed by atoms with E-state index in [1.165, 1.54) is 7.11 Å². The van der Waals surface area contributed by atoms with Crippen LogP contribution in [-0.4, -0.2) is 30.2 Å². The van der Waals surface area contributed by atoms with Crippen LogP contribution in [0.4, 0.5) is 5.69 Å². The van der Waals surface area contributed by atoms with Crippen molar-refractivity contribution < 1.29 is 14.1 Å². The molecule has 0 amide bonds. The number of rotatable bonds is 5. The van der Waals surface area contributed by atoms with Crippen molar-refractivity contribution in [3.05, 3.63) is 23.8 Å². The van der Waals surface area contributed by atoms with Gasteiger partial charge in [-0.25, -0.2) is 0 Å². The highest BCUT2D eigenvalue weighted by Crippen LogP contribution is 2.25. The minimum atomic E-state index is -1.11. The lowest BCUT2D eigenvalue weighted by Gasteiger charge is -2.25. The number of aldehydes is 1. The topological polar surface area (TPSA) is 52.6 Å². The van der Waals surface area contributed by atoms with Gasteiger partial charge in [-0.05, 0) is 32.0 Å². The SMILES string of the molecule is COc1ccc(N(C)[S+]([O-])C(C)C)cc1C=O. The summed E-state index contributed by atoms with van der Waals surface area (Å²) in [6.45, 7) is 3.77. The van der Waals surface area contributed by atoms with E-state index in [-0.39, 0.29) is 5.25 Å². The summed E-state index contributed by atoms with van der Waals surface area (Å²) < 4.78 is 18.6. The third kappa shape index (κ3) is 3.14. The molecule has 0 bridgehead atoms. The zero-order valence-corrected chi connectivity index (χ0v) is 11.3. The van der Waals surface area contributed by atoms with Crippen molar-refractivity contribution in [3.63, 3.8) is 0 Å². The van der Waals surface area contributed by atoms with E-state index in [4.69, 9.17) is 4.74 Å². The number of hydrogen-bond donors (Lipinski definition) is 0. The third-order valence-electron chi connectivity index (χ3n) is 2.38. The van der Waals surface area contributed by atoms with E-state index < -0.39 is 11.4 Å². The maximum absolute atomic E-state index is 11.9. The van der Waals surface area contributed by atoms with Crippen LogP contribution >= 0.6 is 0 Å². The standard InChI is InChI=1S/C12H17NO3S/c1-9(2)17(15)13(3)11-5-6-12(16-4)10(7-11)8-14/h5-9H,1-4H3. The number of benzene rings is 1. The Kier molecular flexibility index (Phi) is 4.84. The predicted octanol–water partition coefficient (Wildman–Crippen LogP) is 2.02. The fourth-order valence-electron chi connectivity index (χ4n) is 1.43. The Morgan fingerprint density at radius 1 is 1.47 bits per heavy atom. The quantitative estimate of drug-likeness (QED) is 0.596. The number of carbonyl (C=O) groups excluding carboxylic acids is 1. The number of methoxy groups -OCH3 is 1. The number of hydrogen-bond acceptors (Lipinski definition) is 4. The van der Waals surface area contributed by atoms with Gasteiger partial charge in [-0.3, -0.25) is 4.79 Å². The summed E-state index contributed by atoms with van der Waals surface area (Å²) in [7, 11) is 3.25. The molecule has 1 atom stereocenters. The van der Waals surface area contributed by atoms with Crippen molar-refractivity contribution in [1.82, 2.24) is 0 Å². The van der Waals surface area contributed by atoms with Crippen molar-refractivity contribution >= 4 is 23.3 Å². The van der Waals surface area contributed by atoms with Crippen molar-refractivity contribution in [2.45, 2.75) is 19.1 Å². The Hall–Kier alpha value is -1.20. The van der Waals surface area contributed by atoms with E-state index in [0.717, 1.165) is 12.0 Å². The zero-order valence-electron chi connectivity index (χ0n) is 10.5. The molecule has 5 heteroatoms. The summed E-state index contributed by atoms with van der Waals surface area (Å²) >= 11 is -1.11. The number of nitrogens with zero attached hydrogens (tertiary/aromatic N) is 1. The van der Waals surface area contributed by atoms with Crippen LogP contribution in [0.25, 0.3) is 0 Å².